The van der Waals surface area contributed by atoms with Gasteiger partial charge in [0.05, 0.1) is 0 Å². The van der Waals surface area contributed by atoms with Crippen LogP contribution >= 0.6 is 11.3 Å². The molecule has 110 valence electrons. The van der Waals surface area contributed by atoms with E-state index in [9.17, 15) is 0 Å². The Hall–Kier alpha value is -1.58. The molecule has 3 rings (SSSR count). The van der Waals surface area contributed by atoms with E-state index in [0.717, 1.165) is 13.0 Å². The van der Waals surface area contributed by atoms with Gasteiger partial charge in [-0.15, -0.1) is 11.3 Å². The van der Waals surface area contributed by atoms with Crippen molar-refractivity contribution >= 4 is 22.2 Å². The molecule has 1 unspecified atom stereocenters. The van der Waals surface area contributed by atoms with Crippen LogP contribution in [0, 0.1) is 5.92 Å². The van der Waals surface area contributed by atoms with Crippen molar-refractivity contribution in [2.75, 3.05) is 6.54 Å². The average Bonchev–Trinajstić information content (AvgIpc) is 3.13. The highest BCUT2D eigenvalue weighted by Gasteiger charge is 2.16. The number of hydrogen-bond acceptors (Lipinski definition) is 2. The van der Waals surface area contributed by atoms with Crippen molar-refractivity contribution in [3.05, 3.63) is 58.4 Å². The van der Waals surface area contributed by atoms with E-state index < -0.39 is 0 Å². The molecule has 0 bridgehead atoms. The van der Waals surface area contributed by atoms with Crippen LogP contribution < -0.4 is 5.32 Å². The molecular weight excluding hydrogens is 276 g/mol. The van der Waals surface area contributed by atoms with Crippen molar-refractivity contribution in [2.45, 2.75) is 26.3 Å². The molecule has 0 spiro atoms. The van der Waals surface area contributed by atoms with Crippen LogP contribution in [0.1, 0.15) is 30.3 Å². The van der Waals surface area contributed by atoms with Gasteiger partial charge in [0.15, 0.2) is 0 Å². The predicted molar refractivity (Wildman–Crippen MR) is 91.9 cm³/mol. The van der Waals surface area contributed by atoms with Gasteiger partial charge in [-0.3, -0.25) is 0 Å². The number of para-hydroxylation sites is 1. The zero-order valence-corrected chi connectivity index (χ0v) is 13.4. The number of aromatic nitrogens is 1. The Bertz CT molecular complexity index is 682. The van der Waals surface area contributed by atoms with E-state index in [1.165, 1.54) is 21.3 Å². The Kier molecular flexibility index (Phi) is 4.42. The molecule has 2 aromatic heterocycles. The first-order valence-electron chi connectivity index (χ1n) is 7.57. The molecule has 0 saturated carbocycles. The molecule has 3 heteroatoms. The van der Waals surface area contributed by atoms with Crippen molar-refractivity contribution in [1.29, 1.82) is 0 Å². The largest absolute Gasteiger partial charge is 0.361 e. The first kappa shape index (κ1) is 14.4. The zero-order chi connectivity index (χ0) is 14.7. The third kappa shape index (κ3) is 3.20. The number of nitrogens with one attached hydrogen (secondary N) is 2. The smallest absolute Gasteiger partial charge is 0.0456 e. The minimum atomic E-state index is 0.454. The summed E-state index contributed by atoms with van der Waals surface area (Å²) in [6, 6.07) is 13.3. The van der Waals surface area contributed by atoms with E-state index in [4.69, 9.17) is 0 Å². The van der Waals surface area contributed by atoms with Crippen LogP contribution in [0.15, 0.2) is 48.0 Å². The lowest BCUT2D eigenvalue weighted by Gasteiger charge is -2.21. The third-order valence-corrected chi connectivity index (χ3v) is 4.91. The molecule has 2 nitrogen and oxygen atoms in total. The quantitative estimate of drug-likeness (QED) is 0.674. The van der Waals surface area contributed by atoms with Crippen LogP contribution in [0.2, 0.25) is 0 Å². The standard InChI is InChI=1S/C18H22N2S/c1-13(2)18(17-8-5-11-21-17)19-10-9-14-12-20-16-7-4-3-6-15(14)16/h3-8,11-13,18-20H,9-10H2,1-2H3. The summed E-state index contributed by atoms with van der Waals surface area (Å²) < 4.78 is 0. The Morgan fingerprint density at radius 1 is 1.14 bits per heavy atom. The van der Waals surface area contributed by atoms with Gasteiger partial charge >= 0.3 is 0 Å². The summed E-state index contributed by atoms with van der Waals surface area (Å²) in [5.74, 6) is 0.603. The van der Waals surface area contributed by atoms with Gasteiger partial charge in [0, 0.05) is 28.0 Å². The van der Waals surface area contributed by atoms with E-state index in [-0.39, 0.29) is 0 Å². The van der Waals surface area contributed by atoms with Gasteiger partial charge in [-0.05, 0) is 42.0 Å². The number of benzene rings is 1. The number of hydrogen-bond donors (Lipinski definition) is 2. The summed E-state index contributed by atoms with van der Waals surface area (Å²) >= 11 is 1.84. The van der Waals surface area contributed by atoms with Crippen LogP contribution in [0.5, 0.6) is 0 Å². The van der Waals surface area contributed by atoms with Crippen LogP contribution in [0.3, 0.4) is 0 Å². The molecule has 0 saturated heterocycles. The van der Waals surface area contributed by atoms with Gasteiger partial charge in [0.25, 0.3) is 0 Å². The maximum Gasteiger partial charge on any atom is 0.0456 e. The molecule has 2 heterocycles. The van der Waals surface area contributed by atoms with E-state index in [0.29, 0.717) is 12.0 Å². The summed E-state index contributed by atoms with van der Waals surface area (Å²) in [6.45, 7) is 5.56. The summed E-state index contributed by atoms with van der Waals surface area (Å²) in [5.41, 5.74) is 2.62. The Balaban J connectivity index is 1.65. The fraction of sp³-hybridized carbons (Fsp3) is 0.333. The van der Waals surface area contributed by atoms with Crippen molar-refractivity contribution in [2.24, 2.45) is 5.92 Å². The number of thiophene rings is 1. The van der Waals surface area contributed by atoms with Gasteiger partial charge < -0.3 is 10.3 Å². The van der Waals surface area contributed by atoms with Gasteiger partial charge in [-0.1, -0.05) is 38.1 Å². The molecule has 0 radical (unpaired) electrons. The molecule has 0 fully saturated rings. The van der Waals surface area contributed by atoms with E-state index >= 15 is 0 Å². The first-order valence-corrected chi connectivity index (χ1v) is 8.45. The molecule has 21 heavy (non-hydrogen) atoms. The summed E-state index contributed by atoms with van der Waals surface area (Å²) in [5, 5.41) is 7.22. The highest BCUT2D eigenvalue weighted by atomic mass is 32.1. The van der Waals surface area contributed by atoms with Gasteiger partial charge in [-0.2, -0.15) is 0 Å². The predicted octanol–water partition coefficient (Wildman–Crippen LogP) is 4.76. The summed E-state index contributed by atoms with van der Waals surface area (Å²) in [4.78, 5) is 4.79. The van der Waals surface area contributed by atoms with Crippen LogP contribution in [-0.4, -0.2) is 11.5 Å². The Morgan fingerprint density at radius 3 is 2.76 bits per heavy atom. The summed E-state index contributed by atoms with van der Waals surface area (Å²) in [7, 11) is 0. The van der Waals surface area contributed by atoms with Crippen LogP contribution in [-0.2, 0) is 6.42 Å². The molecule has 0 aliphatic heterocycles. The van der Waals surface area contributed by atoms with Crippen molar-refractivity contribution in [1.82, 2.24) is 10.3 Å². The SMILES string of the molecule is CC(C)C(NCCc1c[nH]c2ccccc12)c1cccs1. The molecular formula is C18H22N2S. The van der Waals surface area contributed by atoms with Crippen molar-refractivity contribution in [3.8, 4) is 0 Å². The normalized spacial score (nSPS) is 13.1. The van der Waals surface area contributed by atoms with Gasteiger partial charge in [-0.25, -0.2) is 0 Å². The Labute approximate surface area is 130 Å². The Morgan fingerprint density at radius 2 is 2.00 bits per heavy atom. The monoisotopic (exact) mass is 298 g/mol. The molecule has 2 N–H and O–H groups in total. The maximum atomic E-state index is 3.72. The molecule has 1 aromatic carbocycles. The van der Waals surface area contributed by atoms with Crippen molar-refractivity contribution in [3.63, 3.8) is 0 Å². The molecule has 0 aliphatic rings. The minimum absolute atomic E-state index is 0.454. The molecule has 0 amide bonds. The van der Waals surface area contributed by atoms with E-state index in [1.807, 2.05) is 11.3 Å². The van der Waals surface area contributed by atoms with Crippen LogP contribution in [0.4, 0.5) is 0 Å². The fourth-order valence-corrected chi connectivity index (χ4v) is 3.81. The lowest BCUT2D eigenvalue weighted by Crippen LogP contribution is -2.27. The number of fused-ring (bicyclic) bond motifs is 1. The maximum absolute atomic E-state index is 3.72. The van der Waals surface area contributed by atoms with Gasteiger partial charge in [0.2, 0.25) is 0 Å². The van der Waals surface area contributed by atoms with E-state index in [2.05, 4.69) is 72.1 Å². The summed E-state index contributed by atoms with van der Waals surface area (Å²) in [6.07, 6.45) is 3.19. The van der Waals surface area contributed by atoms with Crippen LogP contribution in [0.25, 0.3) is 10.9 Å². The average molecular weight is 298 g/mol. The minimum Gasteiger partial charge on any atom is -0.361 e. The van der Waals surface area contributed by atoms with E-state index in [1.54, 1.807) is 0 Å². The topological polar surface area (TPSA) is 27.8 Å². The number of aromatic amines is 1. The number of rotatable bonds is 6. The molecule has 0 aliphatic carbocycles. The molecule has 3 aromatic rings. The lowest BCUT2D eigenvalue weighted by atomic mass is 10.0. The second-order valence-electron chi connectivity index (χ2n) is 5.80. The van der Waals surface area contributed by atoms with Crippen molar-refractivity contribution < 1.29 is 0 Å². The second-order valence-corrected chi connectivity index (χ2v) is 6.78. The van der Waals surface area contributed by atoms with Gasteiger partial charge in [0.1, 0.15) is 0 Å². The first-order chi connectivity index (χ1) is 10.3. The lowest BCUT2D eigenvalue weighted by molar-refractivity contribution is 0.421. The molecule has 1 atom stereocenters. The second kappa shape index (κ2) is 6.46. The highest BCUT2D eigenvalue weighted by molar-refractivity contribution is 7.10. The fourth-order valence-electron chi connectivity index (χ4n) is 2.83. The third-order valence-electron chi connectivity index (χ3n) is 3.95. The number of H-pyrrole nitrogens is 1. The highest BCUT2D eigenvalue weighted by Crippen LogP contribution is 2.26. The zero-order valence-electron chi connectivity index (χ0n) is 12.6.